The first-order valence-electron chi connectivity index (χ1n) is 5.09. The summed E-state index contributed by atoms with van der Waals surface area (Å²) in [5, 5.41) is 0.182. The summed E-state index contributed by atoms with van der Waals surface area (Å²) in [6.45, 7) is 1.84. The van der Waals surface area contributed by atoms with Gasteiger partial charge in [0.1, 0.15) is 11.6 Å². The number of Topliss-reactive ketones (excluding diaryl/α,β-unsaturated/α-hetero) is 1. The van der Waals surface area contributed by atoms with Crippen molar-refractivity contribution in [2.24, 2.45) is 0 Å². The van der Waals surface area contributed by atoms with E-state index in [0.717, 1.165) is 12.0 Å². The normalized spacial score (nSPS) is 10.3. The van der Waals surface area contributed by atoms with Crippen LogP contribution in [-0.2, 0) is 11.2 Å². The first-order valence-corrected chi connectivity index (χ1v) is 5.47. The third-order valence-electron chi connectivity index (χ3n) is 2.33. The zero-order chi connectivity index (χ0) is 11.3. The van der Waals surface area contributed by atoms with Crippen LogP contribution < -0.4 is 0 Å². The van der Waals surface area contributed by atoms with E-state index in [1.54, 1.807) is 12.1 Å². The molecular formula is C12H14ClFO. The molecule has 0 aliphatic heterocycles. The Morgan fingerprint density at radius 1 is 1.47 bits per heavy atom. The van der Waals surface area contributed by atoms with Crippen molar-refractivity contribution in [1.82, 2.24) is 0 Å². The second-order valence-electron chi connectivity index (χ2n) is 3.46. The Morgan fingerprint density at radius 2 is 2.20 bits per heavy atom. The van der Waals surface area contributed by atoms with E-state index in [1.165, 1.54) is 6.07 Å². The van der Waals surface area contributed by atoms with E-state index in [1.807, 2.05) is 6.92 Å². The van der Waals surface area contributed by atoms with Crippen LogP contribution in [0.2, 0.25) is 5.02 Å². The van der Waals surface area contributed by atoms with Gasteiger partial charge in [-0.25, -0.2) is 4.39 Å². The third kappa shape index (κ3) is 3.63. The average Bonchev–Trinajstić information content (AvgIpc) is 2.24. The van der Waals surface area contributed by atoms with Gasteiger partial charge in [-0.1, -0.05) is 30.7 Å². The van der Waals surface area contributed by atoms with Crippen molar-refractivity contribution < 1.29 is 9.18 Å². The van der Waals surface area contributed by atoms with E-state index >= 15 is 0 Å². The van der Waals surface area contributed by atoms with Crippen LogP contribution in [0.15, 0.2) is 18.2 Å². The Morgan fingerprint density at radius 3 is 2.87 bits per heavy atom. The summed E-state index contributed by atoms with van der Waals surface area (Å²) in [4.78, 5) is 11.0. The second-order valence-corrected chi connectivity index (χ2v) is 3.84. The third-order valence-corrected chi connectivity index (χ3v) is 2.75. The lowest BCUT2D eigenvalue weighted by Crippen LogP contribution is -1.97. The molecule has 0 aromatic heterocycles. The number of aryl methyl sites for hydroxylation is 1. The summed E-state index contributed by atoms with van der Waals surface area (Å²) in [6.07, 6.45) is 2.50. The summed E-state index contributed by atoms with van der Waals surface area (Å²) in [5.74, 6) is -0.154. The van der Waals surface area contributed by atoms with Crippen molar-refractivity contribution in [3.63, 3.8) is 0 Å². The highest BCUT2D eigenvalue weighted by atomic mass is 35.5. The van der Waals surface area contributed by atoms with Gasteiger partial charge in [-0.3, -0.25) is 4.79 Å². The molecule has 0 saturated heterocycles. The molecule has 0 saturated carbocycles. The number of ketones is 1. The lowest BCUT2D eigenvalue weighted by molar-refractivity contribution is -0.118. The Bertz CT molecular complexity index is 349. The van der Waals surface area contributed by atoms with Gasteiger partial charge in [0.2, 0.25) is 0 Å². The minimum absolute atomic E-state index is 0.182. The van der Waals surface area contributed by atoms with Gasteiger partial charge in [-0.15, -0.1) is 0 Å². The maximum absolute atomic E-state index is 13.0. The Labute approximate surface area is 94.3 Å². The molecule has 1 rings (SSSR count). The second kappa shape index (κ2) is 5.86. The molecule has 0 bridgehead atoms. The predicted molar refractivity (Wildman–Crippen MR) is 59.6 cm³/mol. The van der Waals surface area contributed by atoms with Gasteiger partial charge in [0.05, 0.1) is 5.02 Å². The number of hydrogen-bond acceptors (Lipinski definition) is 1. The maximum Gasteiger partial charge on any atom is 0.142 e. The molecule has 0 radical (unpaired) electrons. The smallest absolute Gasteiger partial charge is 0.142 e. The standard InChI is InChI=1S/C12H14ClFO/c1-2-10(15)7-3-5-9-6-4-8-11(14)12(9)13/h4,6,8H,2-3,5,7H2,1H3. The molecule has 1 aromatic carbocycles. The zero-order valence-electron chi connectivity index (χ0n) is 8.72. The van der Waals surface area contributed by atoms with Crippen molar-refractivity contribution in [1.29, 1.82) is 0 Å². The van der Waals surface area contributed by atoms with Gasteiger partial charge >= 0.3 is 0 Å². The molecule has 82 valence electrons. The van der Waals surface area contributed by atoms with Crippen LogP contribution in [-0.4, -0.2) is 5.78 Å². The molecule has 1 nitrogen and oxygen atoms in total. The molecule has 0 spiro atoms. The number of halogens is 2. The van der Waals surface area contributed by atoms with Crippen LogP contribution in [0.25, 0.3) is 0 Å². The maximum atomic E-state index is 13.0. The summed E-state index contributed by atoms with van der Waals surface area (Å²) in [5.41, 5.74) is 0.778. The molecule has 0 fully saturated rings. The molecule has 0 aliphatic carbocycles. The fraction of sp³-hybridized carbons (Fsp3) is 0.417. The summed E-state index contributed by atoms with van der Waals surface area (Å²) in [6, 6.07) is 4.77. The van der Waals surface area contributed by atoms with Crippen molar-refractivity contribution in [3.8, 4) is 0 Å². The van der Waals surface area contributed by atoms with Gasteiger partial charge in [-0.2, -0.15) is 0 Å². The van der Waals surface area contributed by atoms with Gasteiger partial charge in [0.15, 0.2) is 0 Å². The SMILES string of the molecule is CCC(=O)CCCc1cccc(F)c1Cl. The topological polar surface area (TPSA) is 17.1 Å². The van der Waals surface area contributed by atoms with Crippen molar-refractivity contribution in [2.45, 2.75) is 32.6 Å². The summed E-state index contributed by atoms with van der Waals surface area (Å²) >= 11 is 5.78. The van der Waals surface area contributed by atoms with E-state index in [-0.39, 0.29) is 10.8 Å². The van der Waals surface area contributed by atoms with Crippen LogP contribution in [0.5, 0.6) is 0 Å². The molecule has 0 amide bonds. The molecule has 0 atom stereocenters. The minimum atomic E-state index is -0.393. The number of hydrogen-bond donors (Lipinski definition) is 0. The zero-order valence-corrected chi connectivity index (χ0v) is 9.48. The van der Waals surface area contributed by atoms with E-state index in [2.05, 4.69) is 0 Å². The summed E-state index contributed by atoms with van der Waals surface area (Å²) in [7, 11) is 0. The molecule has 3 heteroatoms. The molecule has 15 heavy (non-hydrogen) atoms. The quantitative estimate of drug-likeness (QED) is 0.750. The molecule has 0 aliphatic rings. The van der Waals surface area contributed by atoms with Crippen LogP contribution >= 0.6 is 11.6 Å². The van der Waals surface area contributed by atoms with Crippen LogP contribution in [0.4, 0.5) is 4.39 Å². The highest BCUT2D eigenvalue weighted by Crippen LogP contribution is 2.21. The fourth-order valence-electron chi connectivity index (χ4n) is 1.39. The van der Waals surface area contributed by atoms with Gasteiger partial charge in [-0.05, 0) is 24.5 Å². The lowest BCUT2D eigenvalue weighted by atomic mass is 10.1. The summed E-state index contributed by atoms with van der Waals surface area (Å²) < 4.78 is 13.0. The van der Waals surface area contributed by atoms with Crippen molar-refractivity contribution in [2.75, 3.05) is 0 Å². The van der Waals surface area contributed by atoms with Crippen molar-refractivity contribution in [3.05, 3.63) is 34.6 Å². The monoisotopic (exact) mass is 228 g/mol. The van der Waals surface area contributed by atoms with Crippen molar-refractivity contribution >= 4 is 17.4 Å². The molecule has 0 heterocycles. The van der Waals surface area contributed by atoms with Gasteiger partial charge in [0.25, 0.3) is 0 Å². The first kappa shape index (κ1) is 12.2. The number of rotatable bonds is 5. The van der Waals surface area contributed by atoms with Gasteiger partial charge in [0, 0.05) is 12.8 Å². The number of carbonyl (C=O) groups is 1. The van der Waals surface area contributed by atoms with Crippen LogP contribution in [0.1, 0.15) is 31.7 Å². The average molecular weight is 229 g/mol. The van der Waals surface area contributed by atoms with Gasteiger partial charge < -0.3 is 0 Å². The largest absolute Gasteiger partial charge is 0.300 e. The Hall–Kier alpha value is -0.890. The van der Waals surface area contributed by atoms with Crippen LogP contribution in [0.3, 0.4) is 0 Å². The first-order chi connectivity index (χ1) is 7.15. The number of benzene rings is 1. The minimum Gasteiger partial charge on any atom is -0.300 e. The van der Waals surface area contributed by atoms with E-state index in [4.69, 9.17) is 11.6 Å². The molecule has 1 aromatic rings. The van der Waals surface area contributed by atoms with E-state index in [9.17, 15) is 9.18 Å². The van der Waals surface area contributed by atoms with Crippen LogP contribution in [0, 0.1) is 5.82 Å². The molecular weight excluding hydrogens is 215 g/mol. The number of carbonyl (C=O) groups excluding carboxylic acids is 1. The fourth-order valence-corrected chi connectivity index (χ4v) is 1.61. The lowest BCUT2D eigenvalue weighted by Gasteiger charge is -2.04. The molecule has 0 unspecified atom stereocenters. The highest BCUT2D eigenvalue weighted by molar-refractivity contribution is 6.31. The predicted octanol–water partition coefficient (Wildman–Crippen LogP) is 3.78. The Kier molecular flexibility index (Phi) is 4.76. The highest BCUT2D eigenvalue weighted by Gasteiger charge is 2.06. The van der Waals surface area contributed by atoms with E-state index in [0.29, 0.717) is 19.3 Å². The molecule has 0 N–H and O–H groups in total. The Balaban J connectivity index is 2.51. The van der Waals surface area contributed by atoms with E-state index < -0.39 is 5.82 Å².